The van der Waals surface area contributed by atoms with E-state index in [9.17, 15) is 4.79 Å². The second-order valence-electron chi connectivity index (χ2n) is 6.27. The zero-order valence-electron chi connectivity index (χ0n) is 13.4. The minimum absolute atomic E-state index is 0.0180. The van der Waals surface area contributed by atoms with Gasteiger partial charge in [-0.1, -0.05) is 13.8 Å². The van der Waals surface area contributed by atoms with Gasteiger partial charge in [0, 0.05) is 18.4 Å². The number of aromatic nitrogens is 1. The standard InChI is InChI=1S/C15H25N3O3/c1-6-20-11-7-15(16,14(11,4)5)13(19)17-8-12-18-9(2)10(3)21-12/h11H,6-8,16H2,1-5H3,(H,17,19). The highest BCUT2D eigenvalue weighted by molar-refractivity contribution is 5.88. The van der Waals surface area contributed by atoms with Gasteiger partial charge < -0.3 is 20.2 Å². The second kappa shape index (κ2) is 5.42. The van der Waals surface area contributed by atoms with E-state index in [1.165, 1.54) is 0 Å². The number of ether oxygens (including phenoxy) is 1. The van der Waals surface area contributed by atoms with Crippen LogP contribution in [0.15, 0.2) is 4.42 Å². The van der Waals surface area contributed by atoms with E-state index in [2.05, 4.69) is 10.3 Å². The lowest BCUT2D eigenvalue weighted by molar-refractivity contribution is -0.170. The molecule has 0 aliphatic heterocycles. The highest BCUT2D eigenvalue weighted by Gasteiger charge is 2.62. The Morgan fingerprint density at radius 2 is 2.19 bits per heavy atom. The van der Waals surface area contributed by atoms with E-state index in [1.807, 2.05) is 34.6 Å². The van der Waals surface area contributed by atoms with Crippen LogP contribution in [0, 0.1) is 19.3 Å². The molecule has 0 radical (unpaired) electrons. The number of amides is 1. The summed E-state index contributed by atoms with van der Waals surface area (Å²) >= 11 is 0. The smallest absolute Gasteiger partial charge is 0.241 e. The third-order valence-electron chi connectivity index (χ3n) is 4.71. The molecular formula is C15H25N3O3. The number of nitrogens with two attached hydrogens (primary N) is 1. The van der Waals surface area contributed by atoms with Gasteiger partial charge in [0.05, 0.1) is 18.3 Å². The predicted molar refractivity (Wildman–Crippen MR) is 78.6 cm³/mol. The summed E-state index contributed by atoms with van der Waals surface area (Å²) in [7, 11) is 0. The summed E-state index contributed by atoms with van der Waals surface area (Å²) in [5.41, 5.74) is 5.83. The lowest BCUT2D eigenvalue weighted by atomic mass is 9.54. The largest absolute Gasteiger partial charge is 0.444 e. The Morgan fingerprint density at radius 3 is 2.67 bits per heavy atom. The quantitative estimate of drug-likeness (QED) is 0.858. The van der Waals surface area contributed by atoms with E-state index < -0.39 is 11.0 Å². The molecule has 0 bridgehead atoms. The van der Waals surface area contributed by atoms with Gasteiger partial charge in [-0.2, -0.15) is 0 Å². The topological polar surface area (TPSA) is 90.4 Å². The molecule has 1 aliphatic carbocycles. The van der Waals surface area contributed by atoms with Gasteiger partial charge >= 0.3 is 0 Å². The Bertz CT molecular complexity index is 519. The van der Waals surface area contributed by atoms with Crippen LogP contribution in [-0.2, 0) is 16.1 Å². The van der Waals surface area contributed by atoms with Crippen LogP contribution in [0.25, 0.3) is 0 Å². The normalized spacial score (nSPS) is 27.2. The van der Waals surface area contributed by atoms with E-state index in [1.54, 1.807) is 0 Å². The molecule has 2 rings (SSSR count). The molecule has 6 nitrogen and oxygen atoms in total. The van der Waals surface area contributed by atoms with Crippen molar-refractivity contribution >= 4 is 5.91 Å². The van der Waals surface area contributed by atoms with Crippen molar-refractivity contribution in [2.75, 3.05) is 6.61 Å². The lowest BCUT2D eigenvalue weighted by Gasteiger charge is -2.57. The average molecular weight is 295 g/mol. The van der Waals surface area contributed by atoms with Gasteiger partial charge in [-0.25, -0.2) is 4.98 Å². The molecule has 21 heavy (non-hydrogen) atoms. The van der Waals surface area contributed by atoms with Gasteiger partial charge in [-0.05, 0) is 20.8 Å². The van der Waals surface area contributed by atoms with Crippen molar-refractivity contribution in [3.63, 3.8) is 0 Å². The number of hydrogen-bond acceptors (Lipinski definition) is 5. The fourth-order valence-electron chi connectivity index (χ4n) is 2.75. The molecule has 1 aliphatic rings. The van der Waals surface area contributed by atoms with Crippen molar-refractivity contribution in [1.29, 1.82) is 0 Å². The molecule has 1 saturated carbocycles. The first-order valence-electron chi connectivity index (χ1n) is 7.34. The highest BCUT2D eigenvalue weighted by Crippen LogP contribution is 2.49. The zero-order valence-corrected chi connectivity index (χ0v) is 13.4. The van der Waals surface area contributed by atoms with Crippen LogP contribution in [0.3, 0.4) is 0 Å². The van der Waals surface area contributed by atoms with E-state index in [0.717, 1.165) is 11.5 Å². The molecule has 1 heterocycles. The van der Waals surface area contributed by atoms with Gasteiger partial charge in [0.25, 0.3) is 0 Å². The maximum absolute atomic E-state index is 12.4. The minimum Gasteiger partial charge on any atom is -0.444 e. The van der Waals surface area contributed by atoms with Crippen LogP contribution in [-0.4, -0.2) is 29.1 Å². The molecule has 0 spiro atoms. The SMILES string of the molecule is CCOC1CC(N)(C(=O)NCc2nc(C)c(C)o2)C1(C)C. The maximum atomic E-state index is 12.4. The number of nitrogens with zero attached hydrogens (tertiary/aromatic N) is 1. The monoisotopic (exact) mass is 295 g/mol. The molecule has 2 atom stereocenters. The summed E-state index contributed by atoms with van der Waals surface area (Å²) in [6.45, 7) is 10.5. The summed E-state index contributed by atoms with van der Waals surface area (Å²) in [5, 5.41) is 2.82. The first kappa shape index (κ1) is 16.0. The number of nitrogens with one attached hydrogen (secondary N) is 1. The Hall–Kier alpha value is -1.40. The van der Waals surface area contributed by atoms with Crippen molar-refractivity contribution in [1.82, 2.24) is 10.3 Å². The average Bonchev–Trinajstić information content (AvgIpc) is 2.74. The summed E-state index contributed by atoms with van der Waals surface area (Å²) < 4.78 is 11.1. The number of hydrogen-bond donors (Lipinski definition) is 2. The van der Waals surface area contributed by atoms with Gasteiger partial charge in [-0.15, -0.1) is 0 Å². The molecule has 0 saturated heterocycles. The molecule has 0 aromatic carbocycles. The number of aryl methyl sites for hydroxylation is 2. The fourth-order valence-corrected chi connectivity index (χ4v) is 2.75. The van der Waals surface area contributed by atoms with Crippen LogP contribution < -0.4 is 11.1 Å². The van der Waals surface area contributed by atoms with Crippen LogP contribution in [0.4, 0.5) is 0 Å². The van der Waals surface area contributed by atoms with E-state index in [-0.39, 0.29) is 18.6 Å². The van der Waals surface area contributed by atoms with Crippen molar-refractivity contribution in [2.45, 2.75) is 59.2 Å². The number of oxazole rings is 1. The number of carbonyl (C=O) groups is 1. The molecule has 3 N–H and O–H groups in total. The summed E-state index contributed by atoms with van der Waals surface area (Å²) in [6, 6.07) is 0. The van der Waals surface area contributed by atoms with E-state index in [4.69, 9.17) is 14.9 Å². The van der Waals surface area contributed by atoms with Gasteiger partial charge in [0.2, 0.25) is 11.8 Å². The Kier molecular flexibility index (Phi) is 4.13. The molecule has 1 aromatic heterocycles. The third-order valence-corrected chi connectivity index (χ3v) is 4.71. The molecule has 6 heteroatoms. The van der Waals surface area contributed by atoms with Gasteiger partial charge in [-0.3, -0.25) is 4.79 Å². The third kappa shape index (κ3) is 2.58. The molecule has 1 aromatic rings. The van der Waals surface area contributed by atoms with Crippen LogP contribution >= 0.6 is 0 Å². The zero-order chi connectivity index (χ0) is 15.8. The van der Waals surface area contributed by atoms with Gasteiger partial charge in [0.1, 0.15) is 11.3 Å². The van der Waals surface area contributed by atoms with Crippen LogP contribution in [0.1, 0.15) is 44.5 Å². The lowest BCUT2D eigenvalue weighted by Crippen LogP contribution is -2.75. The van der Waals surface area contributed by atoms with E-state index >= 15 is 0 Å². The highest BCUT2D eigenvalue weighted by atomic mass is 16.5. The number of carbonyl (C=O) groups excluding carboxylic acids is 1. The maximum Gasteiger partial charge on any atom is 0.241 e. The van der Waals surface area contributed by atoms with Gasteiger partial charge in [0.15, 0.2) is 0 Å². The summed E-state index contributed by atoms with van der Waals surface area (Å²) in [5.74, 6) is 1.08. The predicted octanol–water partition coefficient (Wildman–Crippen LogP) is 1.44. The second-order valence-corrected chi connectivity index (χ2v) is 6.27. The van der Waals surface area contributed by atoms with E-state index in [0.29, 0.717) is 18.9 Å². The molecule has 1 fully saturated rings. The first-order valence-corrected chi connectivity index (χ1v) is 7.34. The fraction of sp³-hybridized carbons (Fsp3) is 0.733. The van der Waals surface area contributed by atoms with Crippen molar-refractivity contribution in [2.24, 2.45) is 11.1 Å². The summed E-state index contributed by atoms with van der Waals surface area (Å²) in [4.78, 5) is 16.7. The Morgan fingerprint density at radius 1 is 1.52 bits per heavy atom. The van der Waals surface area contributed by atoms with Crippen molar-refractivity contribution < 1.29 is 13.9 Å². The summed E-state index contributed by atoms with van der Waals surface area (Å²) in [6.07, 6.45) is 0.549. The van der Waals surface area contributed by atoms with Crippen LogP contribution in [0.5, 0.6) is 0 Å². The van der Waals surface area contributed by atoms with Crippen molar-refractivity contribution in [3.05, 3.63) is 17.3 Å². The molecule has 2 unspecified atom stereocenters. The number of rotatable bonds is 5. The Balaban J connectivity index is 1.97. The molecule has 1 amide bonds. The van der Waals surface area contributed by atoms with Crippen LogP contribution in [0.2, 0.25) is 0 Å². The molecule has 118 valence electrons. The minimum atomic E-state index is -0.913. The first-order chi connectivity index (χ1) is 9.72. The molecular weight excluding hydrogens is 270 g/mol. The Labute approximate surface area is 125 Å². The van der Waals surface area contributed by atoms with Crippen molar-refractivity contribution in [3.8, 4) is 0 Å².